The molecule has 6 nitrogen and oxygen atoms in total. The molecule has 1 aliphatic rings. The molecule has 0 bridgehead atoms. The summed E-state index contributed by atoms with van der Waals surface area (Å²) >= 11 is 0. The normalized spacial score (nSPS) is 13.5. The van der Waals surface area contributed by atoms with Crippen molar-refractivity contribution in [1.29, 1.82) is 0 Å². The first-order valence-electron chi connectivity index (χ1n) is 8.01. The largest absolute Gasteiger partial charge is 0.309 e. The van der Waals surface area contributed by atoms with Gasteiger partial charge >= 0.3 is 0 Å². The molecular formula is C18H13F2N5O. The Hall–Kier alpha value is -3.29. The summed E-state index contributed by atoms with van der Waals surface area (Å²) in [5.41, 5.74) is 0.971. The maximum absolute atomic E-state index is 14.2. The molecule has 1 saturated carbocycles. The van der Waals surface area contributed by atoms with Crippen LogP contribution in [0.5, 0.6) is 0 Å². The second kappa shape index (κ2) is 6.55. The zero-order chi connectivity index (χ0) is 18.1. The fraction of sp³-hybridized carbons (Fsp3) is 0.167. The van der Waals surface area contributed by atoms with E-state index < -0.39 is 11.6 Å². The van der Waals surface area contributed by atoms with E-state index in [0.29, 0.717) is 5.69 Å². The molecule has 8 heteroatoms. The van der Waals surface area contributed by atoms with E-state index in [1.165, 1.54) is 30.6 Å². The Morgan fingerprint density at radius 1 is 1.04 bits per heavy atom. The molecule has 0 aliphatic heterocycles. The van der Waals surface area contributed by atoms with Crippen LogP contribution in [0.25, 0.3) is 22.6 Å². The summed E-state index contributed by atoms with van der Waals surface area (Å²) in [6, 6.07) is 4.12. The number of carbonyl (C=O) groups is 1. The van der Waals surface area contributed by atoms with Crippen molar-refractivity contribution in [2.24, 2.45) is 5.92 Å². The molecule has 0 atom stereocenters. The molecule has 3 aromatic heterocycles. The second-order valence-corrected chi connectivity index (χ2v) is 5.93. The van der Waals surface area contributed by atoms with Crippen LogP contribution in [0, 0.1) is 17.6 Å². The molecule has 1 fully saturated rings. The summed E-state index contributed by atoms with van der Waals surface area (Å²) in [6.45, 7) is 0. The van der Waals surface area contributed by atoms with Crippen LogP contribution < -0.4 is 5.32 Å². The zero-order valence-corrected chi connectivity index (χ0v) is 13.5. The first kappa shape index (κ1) is 16.2. The van der Waals surface area contributed by atoms with E-state index in [1.54, 1.807) is 0 Å². The predicted molar refractivity (Wildman–Crippen MR) is 89.8 cm³/mol. The van der Waals surface area contributed by atoms with Crippen LogP contribution in [0.15, 0.2) is 43.0 Å². The number of aromatic nitrogens is 4. The number of hydrogen-bond donors (Lipinski definition) is 1. The minimum Gasteiger partial charge on any atom is -0.309 e. The average molecular weight is 353 g/mol. The SMILES string of the molecule is O=C(Nc1cnc(-c2ccncc2F)c(-c2ccc(F)cn2)n1)C1CC1. The fourth-order valence-electron chi connectivity index (χ4n) is 2.48. The highest BCUT2D eigenvalue weighted by atomic mass is 19.1. The molecule has 0 unspecified atom stereocenters. The number of hydrogen-bond acceptors (Lipinski definition) is 5. The van der Waals surface area contributed by atoms with Crippen LogP contribution in [-0.2, 0) is 4.79 Å². The molecular weight excluding hydrogens is 340 g/mol. The van der Waals surface area contributed by atoms with Gasteiger partial charge < -0.3 is 5.32 Å². The average Bonchev–Trinajstić information content (AvgIpc) is 3.48. The van der Waals surface area contributed by atoms with Crippen molar-refractivity contribution in [3.8, 4) is 22.6 Å². The molecule has 26 heavy (non-hydrogen) atoms. The summed E-state index contributed by atoms with van der Waals surface area (Å²) in [4.78, 5) is 28.3. The molecule has 0 saturated heterocycles. The number of anilines is 1. The van der Waals surface area contributed by atoms with Crippen LogP contribution in [-0.4, -0.2) is 25.8 Å². The smallest absolute Gasteiger partial charge is 0.228 e. The van der Waals surface area contributed by atoms with Crippen molar-refractivity contribution < 1.29 is 13.6 Å². The maximum Gasteiger partial charge on any atom is 0.228 e. The molecule has 130 valence electrons. The molecule has 1 N–H and O–H groups in total. The molecule has 3 heterocycles. The van der Waals surface area contributed by atoms with Gasteiger partial charge in [-0.3, -0.25) is 14.8 Å². The Morgan fingerprint density at radius 3 is 2.58 bits per heavy atom. The number of rotatable bonds is 4. The third kappa shape index (κ3) is 3.26. The summed E-state index contributed by atoms with van der Waals surface area (Å²) in [7, 11) is 0. The lowest BCUT2D eigenvalue weighted by atomic mass is 10.1. The van der Waals surface area contributed by atoms with Crippen molar-refractivity contribution in [2.75, 3.05) is 5.32 Å². The number of carbonyl (C=O) groups excluding carboxylic acids is 1. The van der Waals surface area contributed by atoms with Crippen LogP contribution in [0.1, 0.15) is 12.8 Å². The highest BCUT2D eigenvalue weighted by molar-refractivity contribution is 5.93. The van der Waals surface area contributed by atoms with Gasteiger partial charge in [0, 0.05) is 17.7 Å². The minimum atomic E-state index is -0.570. The lowest BCUT2D eigenvalue weighted by molar-refractivity contribution is -0.117. The van der Waals surface area contributed by atoms with E-state index in [-0.39, 0.29) is 34.6 Å². The highest BCUT2D eigenvalue weighted by Gasteiger charge is 2.30. The molecule has 0 spiro atoms. The lowest BCUT2D eigenvalue weighted by Gasteiger charge is -2.11. The van der Waals surface area contributed by atoms with Crippen LogP contribution in [0.4, 0.5) is 14.6 Å². The molecule has 1 amide bonds. The van der Waals surface area contributed by atoms with Gasteiger partial charge in [-0.05, 0) is 31.0 Å². The van der Waals surface area contributed by atoms with Gasteiger partial charge in [0.15, 0.2) is 11.6 Å². The van der Waals surface area contributed by atoms with Crippen molar-refractivity contribution in [3.63, 3.8) is 0 Å². The molecule has 0 radical (unpaired) electrons. The van der Waals surface area contributed by atoms with Crippen LogP contribution >= 0.6 is 0 Å². The van der Waals surface area contributed by atoms with E-state index in [9.17, 15) is 13.6 Å². The Balaban J connectivity index is 1.81. The first-order valence-corrected chi connectivity index (χ1v) is 8.01. The standard InChI is InChI=1S/C18H13F2N5O/c19-11-3-4-14(22-7-11)17-16(12-5-6-21-8-13(12)20)23-9-15(24-17)25-18(26)10-1-2-10/h3-10H,1-2H2,(H,24,25,26). The van der Waals surface area contributed by atoms with E-state index in [2.05, 4.69) is 25.3 Å². The molecule has 1 aliphatic carbocycles. The fourth-order valence-corrected chi connectivity index (χ4v) is 2.48. The Labute approximate surface area is 147 Å². The first-order chi connectivity index (χ1) is 12.6. The maximum atomic E-state index is 14.2. The monoisotopic (exact) mass is 353 g/mol. The van der Waals surface area contributed by atoms with Crippen molar-refractivity contribution in [2.45, 2.75) is 12.8 Å². The van der Waals surface area contributed by atoms with Gasteiger partial charge in [-0.1, -0.05) is 0 Å². The predicted octanol–water partition coefficient (Wildman–Crippen LogP) is 3.23. The van der Waals surface area contributed by atoms with E-state index in [1.807, 2.05) is 0 Å². The Kier molecular flexibility index (Phi) is 4.08. The van der Waals surface area contributed by atoms with E-state index in [4.69, 9.17) is 0 Å². The number of halogens is 2. The summed E-state index contributed by atoms with van der Waals surface area (Å²) in [6.07, 6.45) is 6.62. The van der Waals surface area contributed by atoms with Crippen molar-refractivity contribution >= 4 is 11.7 Å². The van der Waals surface area contributed by atoms with Gasteiger partial charge in [0.2, 0.25) is 5.91 Å². The number of amides is 1. The number of nitrogens with one attached hydrogen (secondary N) is 1. The quantitative estimate of drug-likeness (QED) is 0.779. The van der Waals surface area contributed by atoms with Gasteiger partial charge in [-0.15, -0.1) is 0 Å². The summed E-state index contributed by atoms with van der Waals surface area (Å²) < 4.78 is 27.4. The molecule has 4 rings (SSSR count). The van der Waals surface area contributed by atoms with Crippen LogP contribution in [0.2, 0.25) is 0 Å². The third-order valence-corrected chi connectivity index (χ3v) is 3.97. The van der Waals surface area contributed by atoms with Gasteiger partial charge in [0.1, 0.15) is 17.2 Å². The van der Waals surface area contributed by atoms with Crippen molar-refractivity contribution in [3.05, 3.63) is 54.6 Å². The van der Waals surface area contributed by atoms with Gasteiger partial charge in [-0.2, -0.15) is 0 Å². The summed E-state index contributed by atoms with van der Waals surface area (Å²) in [5.74, 6) is -0.959. The number of nitrogens with zero attached hydrogens (tertiary/aromatic N) is 4. The lowest BCUT2D eigenvalue weighted by Crippen LogP contribution is -2.15. The minimum absolute atomic E-state index is 0.00140. The highest BCUT2D eigenvalue weighted by Crippen LogP contribution is 2.32. The van der Waals surface area contributed by atoms with E-state index >= 15 is 0 Å². The number of pyridine rings is 2. The summed E-state index contributed by atoms with van der Waals surface area (Å²) in [5, 5.41) is 2.70. The molecule has 0 aromatic carbocycles. The Bertz CT molecular complexity index is 974. The third-order valence-electron chi connectivity index (χ3n) is 3.97. The van der Waals surface area contributed by atoms with Gasteiger partial charge in [0.25, 0.3) is 0 Å². The van der Waals surface area contributed by atoms with E-state index in [0.717, 1.165) is 25.2 Å². The second-order valence-electron chi connectivity index (χ2n) is 5.93. The molecule has 3 aromatic rings. The Morgan fingerprint density at radius 2 is 1.88 bits per heavy atom. The van der Waals surface area contributed by atoms with Crippen molar-refractivity contribution in [1.82, 2.24) is 19.9 Å². The van der Waals surface area contributed by atoms with Gasteiger partial charge in [0.05, 0.1) is 24.3 Å². The topological polar surface area (TPSA) is 80.7 Å². The zero-order valence-electron chi connectivity index (χ0n) is 13.5. The van der Waals surface area contributed by atoms with Gasteiger partial charge in [-0.25, -0.2) is 18.7 Å². The van der Waals surface area contributed by atoms with Crippen LogP contribution in [0.3, 0.4) is 0 Å².